The van der Waals surface area contributed by atoms with E-state index in [0.29, 0.717) is 0 Å². The van der Waals surface area contributed by atoms with E-state index in [1.54, 1.807) is 0 Å². The van der Waals surface area contributed by atoms with Crippen molar-refractivity contribution in [2.45, 2.75) is 24.7 Å². The Morgan fingerprint density at radius 2 is 0.938 bits per heavy atom. The molecule has 80 heavy (non-hydrogen) atoms. The highest BCUT2D eigenvalue weighted by molar-refractivity contribution is 6.14. The first-order valence-electron chi connectivity index (χ1n) is 27.7. The number of para-hydroxylation sites is 5. The maximum atomic E-state index is 6.71. The van der Waals surface area contributed by atoms with E-state index in [9.17, 15) is 0 Å². The van der Waals surface area contributed by atoms with Gasteiger partial charge in [0.05, 0.1) is 22.1 Å². The Kier molecular flexibility index (Phi) is 9.36. The molecule has 4 heteroatoms. The second-order valence-corrected chi connectivity index (χ2v) is 22.3. The van der Waals surface area contributed by atoms with E-state index in [0.717, 1.165) is 95.1 Å². The van der Waals surface area contributed by atoms with Crippen LogP contribution in [0.4, 0.5) is 17.1 Å². The molecule has 0 unspecified atom stereocenters. The van der Waals surface area contributed by atoms with Gasteiger partial charge in [0.2, 0.25) is 0 Å². The first-order valence-corrected chi connectivity index (χ1v) is 27.7. The Morgan fingerprint density at radius 1 is 0.362 bits per heavy atom. The first-order chi connectivity index (χ1) is 39.4. The number of nitrogens with zero attached hydrogens (tertiary/aromatic N) is 2. The Labute approximate surface area is 463 Å². The van der Waals surface area contributed by atoms with Crippen molar-refractivity contribution in [1.29, 1.82) is 0 Å². The quantitative estimate of drug-likeness (QED) is 0.166. The molecule has 0 N–H and O–H groups in total. The van der Waals surface area contributed by atoms with Gasteiger partial charge in [0.25, 0.3) is 0 Å². The molecule has 14 aromatic rings. The van der Waals surface area contributed by atoms with Crippen molar-refractivity contribution in [3.8, 4) is 61.7 Å². The van der Waals surface area contributed by atoms with E-state index >= 15 is 0 Å². The van der Waals surface area contributed by atoms with Crippen LogP contribution in [0.3, 0.4) is 0 Å². The minimum atomic E-state index is -0.574. The summed E-state index contributed by atoms with van der Waals surface area (Å²) in [6.07, 6.45) is 0. The Hall–Kier alpha value is -10.2. The van der Waals surface area contributed by atoms with Crippen LogP contribution in [-0.2, 0) is 10.8 Å². The fraction of sp³-hybridized carbons (Fsp3) is 0.0526. The summed E-state index contributed by atoms with van der Waals surface area (Å²) >= 11 is 0. The van der Waals surface area contributed by atoms with Crippen molar-refractivity contribution in [3.63, 3.8) is 0 Å². The van der Waals surface area contributed by atoms with Crippen LogP contribution in [0.1, 0.15) is 47.2 Å². The number of hydrogen-bond acceptors (Lipinski definition) is 3. The molecule has 2 aromatic heterocycles. The van der Waals surface area contributed by atoms with Crippen LogP contribution in [0, 0.1) is 0 Å². The van der Waals surface area contributed by atoms with Crippen molar-refractivity contribution in [3.05, 3.63) is 300 Å². The number of ether oxygens (including phenoxy) is 1. The lowest BCUT2D eigenvalue weighted by molar-refractivity contribution is 0.436. The highest BCUT2D eigenvalue weighted by Gasteiger charge is 2.51. The zero-order chi connectivity index (χ0) is 52.8. The van der Waals surface area contributed by atoms with Crippen LogP contribution in [0.25, 0.3) is 93.9 Å². The molecule has 0 bridgehead atoms. The fourth-order valence-electron chi connectivity index (χ4n) is 14.3. The minimum absolute atomic E-state index is 0.151. The summed E-state index contributed by atoms with van der Waals surface area (Å²) in [7, 11) is 0. The zero-order valence-corrected chi connectivity index (χ0v) is 44.1. The third kappa shape index (κ3) is 6.16. The summed E-state index contributed by atoms with van der Waals surface area (Å²) in [4.78, 5) is 2.45. The first kappa shape index (κ1) is 44.9. The van der Waals surface area contributed by atoms with E-state index in [2.05, 4.69) is 284 Å². The Morgan fingerprint density at radius 3 is 1.70 bits per heavy atom. The third-order valence-corrected chi connectivity index (χ3v) is 17.9. The van der Waals surface area contributed by atoms with Crippen molar-refractivity contribution in [2.75, 3.05) is 4.90 Å². The standard InChI is InChI=1S/C76H50N2O2/c1-75(2)61-25-9-7-22-57(61)73-65(75)29-17-30-68(73)77(52-41-36-48(37-42-52)53-23-16-24-56-55-21-8-13-31-70(55)80-74(53)56)51-39-34-47(35-40-51)49-38-43-67-59(44-49)60-45-58-54-20-6-10-26-62(54)76(66(58)46-69(60)78(67)50-18-4-3-5-19-50)63-27-11-14-32-71(63)79-72-33-15-12-28-64(72)76/h3-46H,1-2H3. The number of benzene rings is 12. The normalized spacial score (nSPS) is 13.9. The molecule has 376 valence electrons. The SMILES string of the molecule is CC1(C)c2ccccc2-c2c(N(c3ccc(-c4ccc5c(c4)c4cc6c(cc4n5-c4ccccc4)C4(c5ccccc5Oc5ccccc54)c4ccccc4-6)cc3)c3ccc(-c4cccc5c4oc4ccccc45)cc3)cccc21. The summed E-state index contributed by atoms with van der Waals surface area (Å²) in [6, 6.07) is 97.9. The highest BCUT2D eigenvalue weighted by atomic mass is 16.5. The van der Waals surface area contributed by atoms with Crippen LogP contribution in [0.2, 0.25) is 0 Å². The lowest BCUT2D eigenvalue weighted by Gasteiger charge is -2.39. The number of rotatable bonds is 6. The molecule has 0 atom stereocenters. The molecule has 0 amide bonds. The summed E-state index contributed by atoms with van der Waals surface area (Å²) < 4.78 is 15.7. The van der Waals surface area contributed by atoms with E-state index in [1.807, 2.05) is 6.07 Å². The Balaban J connectivity index is 0.827. The van der Waals surface area contributed by atoms with Gasteiger partial charge in [0, 0.05) is 66.3 Å². The molecule has 1 aliphatic heterocycles. The summed E-state index contributed by atoms with van der Waals surface area (Å²) in [5, 5.41) is 4.68. The molecule has 1 spiro atoms. The monoisotopic (exact) mass is 1020 g/mol. The van der Waals surface area contributed by atoms with E-state index < -0.39 is 5.41 Å². The third-order valence-electron chi connectivity index (χ3n) is 17.9. The minimum Gasteiger partial charge on any atom is -0.457 e. The predicted octanol–water partition coefficient (Wildman–Crippen LogP) is 20.3. The topological polar surface area (TPSA) is 30.5 Å². The highest BCUT2D eigenvalue weighted by Crippen LogP contribution is 2.63. The van der Waals surface area contributed by atoms with Crippen molar-refractivity contribution in [1.82, 2.24) is 4.57 Å². The molecule has 0 radical (unpaired) electrons. The number of fused-ring (bicyclic) bond motifs is 18. The largest absolute Gasteiger partial charge is 0.457 e. The average Bonchev–Trinajstić information content (AvgIpc) is 3.25. The van der Waals surface area contributed by atoms with E-state index in [1.165, 1.54) is 60.8 Å². The Bertz CT molecular complexity index is 4840. The number of hydrogen-bond donors (Lipinski definition) is 0. The van der Waals surface area contributed by atoms with Gasteiger partial charge in [-0.3, -0.25) is 0 Å². The summed E-state index contributed by atoms with van der Waals surface area (Å²) in [5.41, 5.74) is 25.0. The van der Waals surface area contributed by atoms with Crippen LogP contribution in [0.15, 0.2) is 271 Å². The van der Waals surface area contributed by atoms with Crippen molar-refractivity contribution in [2.24, 2.45) is 0 Å². The molecule has 17 rings (SSSR count). The number of furan rings is 1. The number of aromatic nitrogens is 1. The lowest BCUT2D eigenvalue weighted by Crippen LogP contribution is -2.32. The number of anilines is 3. The second-order valence-electron chi connectivity index (χ2n) is 22.3. The average molecular weight is 1020 g/mol. The van der Waals surface area contributed by atoms with Gasteiger partial charge >= 0.3 is 0 Å². The van der Waals surface area contributed by atoms with Crippen molar-refractivity contribution < 1.29 is 9.15 Å². The predicted molar refractivity (Wildman–Crippen MR) is 329 cm³/mol. The van der Waals surface area contributed by atoms with Crippen LogP contribution in [-0.4, -0.2) is 4.57 Å². The molecular weight excluding hydrogens is 973 g/mol. The smallest absolute Gasteiger partial charge is 0.143 e. The molecule has 0 saturated carbocycles. The molecule has 4 nitrogen and oxygen atoms in total. The van der Waals surface area contributed by atoms with Gasteiger partial charge in [-0.25, -0.2) is 0 Å². The summed E-state index contributed by atoms with van der Waals surface area (Å²) in [6.45, 7) is 4.71. The van der Waals surface area contributed by atoms with Crippen molar-refractivity contribution >= 4 is 60.8 Å². The van der Waals surface area contributed by atoms with Crippen LogP contribution < -0.4 is 9.64 Å². The van der Waals surface area contributed by atoms with Crippen LogP contribution >= 0.6 is 0 Å². The maximum absolute atomic E-state index is 6.71. The zero-order valence-electron chi connectivity index (χ0n) is 44.1. The molecular formula is C76H50N2O2. The molecule has 0 fully saturated rings. The van der Waals surface area contributed by atoms with E-state index in [-0.39, 0.29) is 5.41 Å². The summed E-state index contributed by atoms with van der Waals surface area (Å²) in [5.74, 6) is 1.79. The van der Waals surface area contributed by atoms with Gasteiger partial charge in [-0.1, -0.05) is 196 Å². The maximum Gasteiger partial charge on any atom is 0.143 e. The second kappa shape index (κ2) is 16.7. The van der Waals surface area contributed by atoms with Gasteiger partial charge in [-0.2, -0.15) is 0 Å². The van der Waals surface area contributed by atoms with Gasteiger partial charge in [-0.15, -0.1) is 0 Å². The lowest BCUT2D eigenvalue weighted by atomic mass is 9.66. The molecule has 3 heterocycles. The molecule has 2 aliphatic carbocycles. The molecule has 0 saturated heterocycles. The molecule has 12 aromatic carbocycles. The van der Waals surface area contributed by atoms with Gasteiger partial charge in [-0.05, 0) is 141 Å². The fourth-order valence-corrected chi connectivity index (χ4v) is 14.3. The van der Waals surface area contributed by atoms with Crippen LogP contribution in [0.5, 0.6) is 11.5 Å². The van der Waals surface area contributed by atoms with Gasteiger partial charge in [0.15, 0.2) is 0 Å². The van der Waals surface area contributed by atoms with Gasteiger partial charge < -0.3 is 18.6 Å². The van der Waals surface area contributed by atoms with Gasteiger partial charge in [0.1, 0.15) is 22.7 Å². The molecule has 3 aliphatic rings. The van der Waals surface area contributed by atoms with E-state index in [4.69, 9.17) is 9.15 Å².